The Labute approximate surface area is 304 Å². The van der Waals surface area contributed by atoms with Crippen molar-refractivity contribution in [2.75, 3.05) is 26.9 Å². The largest absolute Gasteiger partial charge is 0.393 e. The highest BCUT2D eigenvalue weighted by Gasteiger charge is 2.58. The number of fused-ring (bicyclic) bond motifs is 5. The Hall–Kier alpha value is -0.960. The van der Waals surface area contributed by atoms with E-state index in [4.69, 9.17) is 23.7 Å². The third kappa shape index (κ3) is 7.66. The maximum atomic E-state index is 11.7. The van der Waals surface area contributed by atoms with Crippen LogP contribution >= 0.6 is 0 Å². The number of rotatable bonds is 12. The van der Waals surface area contributed by atoms with Gasteiger partial charge in [-0.3, -0.25) is 0 Å². The monoisotopic (exact) mass is 722 g/mol. The van der Waals surface area contributed by atoms with Crippen LogP contribution in [0.1, 0.15) is 92.4 Å². The molecule has 0 aromatic rings. The first-order valence-corrected chi connectivity index (χ1v) is 19.7. The zero-order chi connectivity index (χ0) is 36.8. The van der Waals surface area contributed by atoms with Gasteiger partial charge in [0.1, 0.15) is 36.6 Å². The van der Waals surface area contributed by atoms with Crippen LogP contribution in [0, 0.1) is 46.3 Å². The third-order valence-corrected chi connectivity index (χ3v) is 14.5. The molecule has 6 N–H and O–H groups in total. The SMILES string of the molecule is CO[C@H]1[C@H](O[C@H]2CC[C@@]3(C)C(=CC[C@@H]4[C@@H]3CC[C@]3(C)C([C@H](C)[C@@H](O)C[C@H](CCO[C@@H]5OC[C@@H](O)[C@H](O)[C@H]5O)C(C)C)=CC[C@@H]43)C2)OC[C@@H](O)[C@@H]1O. The highest BCUT2D eigenvalue weighted by atomic mass is 16.7. The molecule has 0 unspecified atom stereocenters. The van der Waals surface area contributed by atoms with Gasteiger partial charge in [-0.1, -0.05) is 57.9 Å². The first kappa shape index (κ1) is 39.7. The second-order valence-electron chi connectivity index (χ2n) is 17.6. The molecule has 0 aromatic carbocycles. The first-order chi connectivity index (χ1) is 24.2. The van der Waals surface area contributed by atoms with Gasteiger partial charge >= 0.3 is 0 Å². The van der Waals surface area contributed by atoms with E-state index in [-0.39, 0.29) is 42.0 Å². The molecule has 0 spiro atoms. The molecular formula is C40H66O11. The van der Waals surface area contributed by atoms with E-state index in [1.807, 2.05) is 0 Å². The maximum Gasteiger partial charge on any atom is 0.186 e. The lowest BCUT2D eigenvalue weighted by Gasteiger charge is -2.58. The van der Waals surface area contributed by atoms with Crippen LogP contribution in [0.2, 0.25) is 0 Å². The van der Waals surface area contributed by atoms with E-state index in [9.17, 15) is 30.6 Å². The molecule has 6 rings (SSSR count). The van der Waals surface area contributed by atoms with Crippen molar-refractivity contribution < 1.29 is 54.3 Å². The summed E-state index contributed by atoms with van der Waals surface area (Å²) >= 11 is 0. The van der Waals surface area contributed by atoms with Gasteiger partial charge in [-0.2, -0.15) is 0 Å². The minimum absolute atomic E-state index is 0.0164. The Morgan fingerprint density at radius 2 is 1.53 bits per heavy atom. The van der Waals surface area contributed by atoms with Gasteiger partial charge in [-0.15, -0.1) is 0 Å². The number of aliphatic hydroxyl groups excluding tert-OH is 6. The van der Waals surface area contributed by atoms with Crippen LogP contribution in [0.3, 0.4) is 0 Å². The summed E-state index contributed by atoms with van der Waals surface area (Å²) < 4.78 is 28.8. The van der Waals surface area contributed by atoms with Crippen molar-refractivity contribution in [3.05, 3.63) is 23.3 Å². The Kier molecular flexibility index (Phi) is 12.5. The van der Waals surface area contributed by atoms with Crippen LogP contribution in [-0.2, 0) is 23.7 Å². The summed E-state index contributed by atoms with van der Waals surface area (Å²) in [5, 5.41) is 62.2. The van der Waals surface area contributed by atoms with Gasteiger partial charge in [0.15, 0.2) is 12.6 Å². The summed E-state index contributed by atoms with van der Waals surface area (Å²) in [5.41, 5.74) is 3.11. The van der Waals surface area contributed by atoms with E-state index < -0.39 is 55.3 Å². The molecule has 0 bridgehead atoms. The van der Waals surface area contributed by atoms with E-state index >= 15 is 0 Å². The lowest BCUT2D eigenvalue weighted by molar-refractivity contribution is -0.290. The van der Waals surface area contributed by atoms with Crippen LogP contribution in [0.15, 0.2) is 23.3 Å². The molecule has 11 nitrogen and oxygen atoms in total. The van der Waals surface area contributed by atoms with Crippen molar-refractivity contribution in [3.63, 3.8) is 0 Å². The van der Waals surface area contributed by atoms with Gasteiger partial charge in [0.05, 0.1) is 32.0 Å². The van der Waals surface area contributed by atoms with Gasteiger partial charge < -0.3 is 54.3 Å². The summed E-state index contributed by atoms with van der Waals surface area (Å²) in [6.45, 7) is 11.7. The fourth-order valence-corrected chi connectivity index (χ4v) is 11.1. The fraction of sp³-hybridized carbons (Fsp3) is 0.900. The highest BCUT2D eigenvalue weighted by molar-refractivity contribution is 5.31. The van der Waals surface area contributed by atoms with E-state index in [0.717, 1.165) is 38.5 Å². The number of hydrogen-bond acceptors (Lipinski definition) is 11. The second kappa shape index (κ2) is 16.0. The van der Waals surface area contributed by atoms with Crippen LogP contribution in [0.25, 0.3) is 0 Å². The van der Waals surface area contributed by atoms with E-state index in [1.165, 1.54) is 24.7 Å². The minimum atomic E-state index is -1.30. The van der Waals surface area contributed by atoms with Crippen molar-refractivity contribution >= 4 is 0 Å². The predicted molar refractivity (Wildman–Crippen MR) is 189 cm³/mol. The quantitative estimate of drug-likeness (QED) is 0.163. The molecule has 0 aromatic heterocycles. The lowest BCUT2D eigenvalue weighted by atomic mass is 9.47. The summed E-state index contributed by atoms with van der Waals surface area (Å²) in [6, 6.07) is 0. The van der Waals surface area contributed by atoms with Gasteiger partial charge in [-0.25, -0.2) is 0 Å². The van der Waals surface area contributed by atoms with Gasteiger partial charge in [0, 0.05) is 13.0 Å². The number of methoxy groups -OCH3 is 1. The molecule has 6 aliphatic rings. The molecule has 11 heteroatoms. The second-order valence-corrected chi connectivity index (χ2v) is 17.6. The average Bonchev–Trinajstić information content (AvgIpc) is 3.46. The molecule has 2 aliphatic heterocycles. The van der Waals surface area contributed by atoms with Crippen molar-refractivity contribution in [3.8, 4) is 0 Å². The molecule has 0 amide bonds. The topological polar surface area (TPSA) is 168 Å². The third-order valence-electron chi connectivity index (χ3n) is 14.5. The molecule has 2 saturated carbocycles. The molecule has 4 fully saturated rings. The standard InChI is InChI=1S/C40H66O11/c1-21(2)23(13-16-48-37-35(46)33(44)31(42)19-49-37)17-30(41)22(3)27-9-10-28-26-8-7-24-18-25(51-38-36(47-6)34(45)32(43)20-50-38)11-14-39(24,4)29(26)12-15-40(27,28)5/h7,9,21-23,25-26,28-38,41-46H,8,10-20H2,1-6H3/t22-,23-,25-,26-,28-,29-,30-,31+,32+,33-,34-,35+,36+,37+,38-,39-,40+/m0/s1. The number of aliphatic hydroxyl groups is 6. The minimum Gasteiger partial charge on any atom is -0.393 e. The zero-order valence-electron chi connectivity index (χ0n) is 31.6. The molecule has 2 heterocycles. The average molecular weight is 723 g/mol. The molecule has 51 heavy (non-hydrogen) atoms. The Morgan fingerprint density at radius 3 is 2.24 bits per heavy atom. The van der Waals surface area contributed by atoms with E-state index in [2.05, 4.69) is 46.8 Å². The summed E-state index contributed by atoms with van der Waals surface area (Å²) in [7, 11) is 1.51. The van der Waals surface area contributed by atoms with E-state index in [1.54, 1.807) is 0 Å². The number of hydrogen-bond donors (Lipinski definition) is 6. The summed E-state index contributed by atoms with van der Waals surface area (Å²) in [4.78, 5) is 0. The fourth-order valence-electron chi connectivity index (χ4n) is 11.1. The summed E-state index contributed by atoms with van der Waals surface area (Å²) in [6.07, 6.45) is 4.94. The molecule has 0 radical (unpaired) electrons. The Balaban J connectivity index is 1.05. The molecule has 4 aliphatic carbocycles. The van der Waals surface area contributed by atoms with Gasteiger partial charge in [0.25, 0.3) is 0 Å². The molecule has 2 saturated heterocycles. The van der Waals surface area contributed by atoms with Crippen molar-refractivity contribution in [1.82, 2.24) is 0 Å². The van der Waals surface area contributed by atoms with Gasteiger partial charge in [-0.05, 0) is 98.2 Å². The normalized spacial score (nSPS) is 46.0. The van der Waals surface area contributed by atoms with Crippen LogP contribution < -0.4 is 0 Å². The Bertz CT molecular complexity index is 1240. The number of allylic oxidation sites excluding steroid dienone is 2. The van der Waals surface area contributed by atoms with Crippen molar-refractivity contribution in [1.29, 1.82) is 0 Å². The summed E-state index contributed by atoms with van der Waals surface area (Å²) in [5.74, 6) is 2.36. The smallest absolute Gasteiger partial charge is 0.186 e. The predicted octanol–water partition coefficient (Wildman–Crippen LogP) is 3.47. The highest BCUT2D eigenvalue weighted by Crippen LogP contribution is 2.66. The van der Waals surface area contributed by atoms with E-state index in [0.29, 0.717) is 43.1 Å². The number of ether oxygens (including phenoxy) is 5. The van der Waals surface area contributed by atoms with Crippen molar-refractivity contribution in [2.45, 2.75) is 154 Å². The molecular weight excluding hydrogens is 656 g/mol. The molecule has 17 atom stereocenters. The van der Waals surface area contributed by atoms with Crippen molar-refractivity contribution in [2.24, 2.45) is 46.3 Å². The first-order valence-electron chi connectivity index (χ1n) is 19.7. The maximum absolute atomic E-state index is 11.7. The van der Waals surface area contributed by atoms with Gasteiger partial charge in [0.2, 0.25) is 0 Å². The van der Waals surface area contributed by atoms with Crippen LogP contribution in [0.5, 0.6) is 0 Å². The Morgan fingerprint density at radius 1 is 0.843 bits per heavy atom. The lowest BCUT2D eigenvalue weighted by Crippen LogP contribution is -2.56. The van der Waals surface area contributed by atoms with Crippen LogP contribution in [0.4, 0.5) is 0 Å². The zero-order valence-corrected chi connectivity index (χ0v) is 31.6. The molecule has 292 valence electrons. The van der Waals surface area contributed by atoms with Crippen LogP contribution in [-0.4, -0.2) is 119 Å².